The fraction of sp³-hybridized carbons (Fsp3) is 0.452. The summed E-state index contributed by atoms with van der Waals surface area (Å²) in [6.45, 7) is 6.97. The van der Waals surface area contributed by atoms with E-state index in [0.717, 1.165) is 67.1 Å². The van der Waals surface area contributed by atoms with E-state index >= 15 is 0 Å². The number of sulfonamides is 1. The van der Waals surface area contributed by atoms with Gasteiger partial charge in [-0.2, -0.15) is 9.98 Å². The van der Waals surface area contributed by atoms with Gasteiger partial charge < -0.3 is 34.7 Å². The highest BCUT2D eigenvalue weighted by molar-refractivity contribution is 7.93. The minimum atomic E-state index is -4.49. The number of aliphatic hydroxyl groups is 3. The maximum Gasteiger partial charge on any atom is 0.251 e. The third kappa shape index (κ3) is 6.98. The summed E-state index contributed by atoms with van der Waals surface area (Å²) >= 11 is 0. The minimum Gasteiger partial charge on any atom is -0.388 e. The topological polar surface area (TPSA) is 169 Å². The molecular weight excluding hydrogens is 586 g/mol. The van der Waals surface area contributed by atoms with Gasteiger partial charge in [0, 0.05) is 50.3 Å². The molecule has 3 heterocycles. The summed E-state index contributed by atoms with van der Waals surface area (Å²) < 4.78 is 40.8. The van der Waals surface area contributed by atoms with Crippen LogP contribution in [-0.2, 0) is 26.5 Å². The first-order chi connectivity index (χ1) is 21.1. The van der Waals surface area contributed by atoms with Gasteiger partial charge in [0.2, 0.25) is 0 Å². The highest BCUT2D eigenvalue weighted by Crippen LogP contribution is 2.29. The average Bonchev–Trinajstić information content (AvgIpc) is 3.39. The third-order valence-corrected chi connectivity index (χ3v) is 9.62. The van der Waals surface area contributed by atoms with Crippen LogP contribution in [0, 0.1) is 11.3 Å². The first-order valence-corrected chi connectivity index (χ1v) is 16.2. The van der Waals surface area contributed by atoms with Gasteiger partial charge in [0.15, 0.2) is 11.2 Å². The van der Waals surface area contributed by atoms with Crippen LogP contribution in [0.1, 0.15) is 19.0 Å². The first kappa shape index (κ1) is 32.1. The molecule has 0 spiro atoms. The Hall–Kier alpha value is -3.32. The molecule has 2 aliphatic heterocycles. The fourth-order valence-corrected chi connectivity index (χ4v) is 6.75. The molecule has 13 heteroatoms. The number of anilines is 1. The number of morpholine rings is 1. The zero-order valence-electron chi connectivity index (χ0n) is 24.8. The number of hydrogen-bond donors (Lipinski definition) is 5. The second-order valence-corrected chi connectivity index (χ2v) is 12.8. The predicted octanol–water partition coefficient (Wildman–Crippen LogP) is 1.59. The van der Waals surface area contributed by atoms with E-state index in [1.807, 2.05) is 24.3 Å². The molecule has 0 saturated carbocycles. The lowest BCUT2D eigenvalue weighted by atomic mass is 9.96. The van der Waals surface area contributed by atoms with Crippen molar-refractivity contribution in [3.63, 3.8) is 0 Å². The van der Waals surface area contributed by atoms with Crippen molar-refractivity contribution < 1.29 is 33.2 Å². The molecule has 0 aliphatic carbocycles. The van der Waals surface area contributed by atoms with Crippen molar-refractivity contribution in [3.8, 4) is 17.3 Å². The Kier molecular flexibility index (Phi) is 10.0. The molecule has 3 aromatic rings. The van der Waals surface area contributed by atoms with Gasteiger partial charge in [0.1, 0.15) is 24.3 Å². The van der Waals surface area contributed by atoms with E-state index in [-0.39, 0.29) is 0 Å². The molecule has 2 aliphatic rings. The van der Waals surface area contributed by atoms with Crippen molar-refractivity contribution in [2.24, 2.45) is 7.05 Å². The van der Waals surface area contributed by atoms with Gasteiger partial charge in [0.05, 0.1) is 19.3 Å². The second kappa shape index (κ2) is 13.8. The van der Waals surface area contributed by atoms with Crippen LogP contribution in [-0.4, -0.2) is 103 Å². The lowest BCUT2D eigenvalue weighted by Gasteiger charge is -2.40. The molecule has 12 nitrogen and oxygen atoms in total. The van der Waals surface area contributed by atoms with E-state index in [1.54, 1.807) is 30.7 Å². The van der Waals surface area contributed by atoms with Gasteiger partial charge >= 0.3 is 0 Å². The van der Waals surface area contributed by atoms with E-state index in [0.29, 0.717) is 12.1 Å². The molecule has 1 unspecified atom stereocenters. The molecule has 0 radical (unpaired) electrons. The number of allylic oxidation sites excluding steroid dienone is 1. The third-order valence-electron chi connectivity index (χ3n) is 8.25. The lowest BCUT2D eigenvalue weighted by molar-refractivity contribution is -0.244. The van der Waals surface area contributed by atoms with E-state index in [9.17, 15) is 29.0 Å². The van der Waals surface area contributed by atoms with E-state index in [4.69, 9.17) is 9.47 Å². The lowest BCUT2D eigenvalue weighted by Crippen LogP contribution is -2.63. The first-order valence-electron chi connectivity index (χ1n) is 14.7. The van der Waals surface area contributed by atoms with Crippen LogP contribution in [0.4, 0.5) is 5.69 Å². The van der Waals surface area contributed by atoms with Crippen molar-refractivity contribution in [1.29, 1.82) is 5.26 Å². The summed E-state index contributed by atoms with van der Waals surface area (Å²) in [7, 11) is -2.72. The largest absolute Gasteiger partial charge is 0.388 e. The Bertz CT molecular complexity index is 1640. The molecule has 236 valence electrons. The van der Waals surface area contributed by atoms with Crippen LogP contribution in [0.25, 0.3) is 28.1 Å². The van der Waals surface area contributed by atoms with Crippen LogP contribution in [0.2, 0.25) is 0 Å². The molecule has 44 heavy (non-hydrogen) atoms. The number of hydrogen-bond acceptors (Lipinski definition) is 10. The Balaban J connectivity index is 1.30. The molecule has 1 aromatic heterocycles. The quantitative estimate of drug-likeness (QED) is 0.209. The number of aromatic nitrogens is 1. The van der Waals surface area contributed by atoms with Crippen LogP contribution in [0.3, 0.4) is 0 Å². The summed E-state index contributed by atoms with van der Waals surface area (Å²) in [5, 5.41) is 46.3. The maximum absolute atomic E-state index is 13.1. The average molecular weight is 626 g/mol. The number of nitriles is 1. The van der Waals surface area contributed by atoms with Crippen molar-refractivity contribution in [1.82, 2.24) is 14.2 Å². The van der Waals surface area contributed by atoms with Gasteiger partial charge in [-0.25, -0.2) is 8.42 Å². The zero-order chi connectivity index (χ0) is 31.4. The van der Waals surface area contributed by atoms with Crippen LogP contribution >= 0.6 is 0 Å². The number of nitrogens with one attached hydrogen (secondary N) is 2. The van der Waals surface area contributed by atoms with Gasteiger partial charge in [-0.05, 0) is 59.2 Å². The number of ether oxygens (including phenoxy) is 2. The number of benzene rings is 2. The molecule has 5 rings (SSSR count). The summed E-state index contributed by atoms with van der Waals surface area (Å²) in [6.07, 6.45) is -4.08. The summed E-state index contributed by atoms with van der Waals surface area (Å²) in [4.78, 5) is 1.76. The normalized spacial score (nSPS) is 25.2. The van der Waals surface area contributed by atoms with Crippen LogP contribution in [0.15, 0.2) is 53.4 Å². The predicted molar refractivity (Wildman–Crippen MR) is 167 cm³/mol. The summed E-state index contributed by atoms with van der Waals surface area (Å²) in [6, 6.07) is 16.0. The Morgan fingerprint density at radius 3 is 2.52 bits per heavy atom. The van der Waals surface area contributed by atoms with Crippen molar-refractivity contribution in [3.05, 3.63) is 59.1 Å². The summed E-state index contributed by atoms with van der Waals surface area (Å²) in [5.74, 6) is 0. The molecule has 5 N–H and O–H groups in total. The van der Waals surface area contributed by atoms with Gasteiger partial charge in [-0.3, -0.25) is 4.90 Å². The molecule has 0 bridgehead atoms. The molecular formula is C31H39N5O7S. The summed E-state index contributed by atoms with van der Waals surface area (Å²) in [5.41, 5.74) is 3.23. The molecule has 0 amide bonds. The second-order valence-electron chi connectivity index (χ2n) is 11.1. The van der Waals surface area contributed by atoms with E-state index in [2.05, 4.69) is 33.1 Å². The van der Waals surface area contributed by atoms with Gasteiger partial charge in [0.25, 0.3) is 10.0 Å². The molecule has 5 atom stereocenters. The van der Waals surface area contributed by atoms with E-state index < -0.39 is 45.6 Å². The molecule has 2 saturated heterocycles. The number of fused-ring (bicyclic) bond motifs is 1. The minimum absolute atomic E-state index is 0.305. The number of aliphatic hydroxyl groups excluding tert-OH is 3. The van der Waals surface area contributed by atoms with Gasteiger partial charge in [-0.1, -0.05) is 25.1 Å². The van der Waals surface area contributed by atoms with Crippen LogP contribution < -0.4 is 10.0 Å². The Morgan fingerprint density at radius 1 is 1.07 bits per heavy atom. The van der Waals surface area contributed by atoms with Crippen molar-refractivity contribution >= 4 is 32.6 Å². The molecule has 2 fully saturated rings. The highest BCUT2D eigenvalue weighted by Gasteiger charge is 2.45. The number of rotatable bonds is 10. The highest BCUT2D eigenvalue weighted by atomic mass is 32.2. The van der Waals surface area contributed by atoms with Crippen LogP contribution in [0.5, 0.6) is 0 Å². The Morgan fingerprint density at radius 2 is 1.80 bits per heavy atom. The number of nitrogens with zero attached hydrogens (tertiary/aromatic N) is 3. The van der Waals surface area contributed by atoms with Crippen molar-refractivity contribution in [2.75, 3.05) is 44.7 Å². The molecule has 2 aromatic carbocycles. The smallest absolute Gasteiger partial charge is 0.251 e. The van der Waals surface area contributed by atoms with Crippen molar-refractivity contribution in [2.45, 2.75) is 44.0 Å². The SMILES string of the molecule is CC[C@H]1OC(O)[C@H](NS(=O)(=O)/C(C#N)=C/c2ccc(-c3ccc4cc(NCCN5CCOCC5)ccc4c3)n2C)[C@@H](O)[C@@H]1O. The fourth-order valence-electron chi connectivity index (χ4n) is 5.62. The standard InChI is InChI=1S/C31H39N5O7S/c1-3-27-29(37)30(38)28(31(39)43-27)34-44(40,41)25(19-32)18-24-8-9-26(35(24)2)22-5-4-21-17-23(7-6-20(21)16-22)33-10-11-36-12-14-42-15-13-36/h4-9,16-18,27-31,33-34,37-39H,3,10-15H2,1-2H3/b25-18+/t27-,28-,29-,30-,31?/m1/s1. The van der Waals surface area contributed by atoms with E-state index in [1.165, 1.54) is 6.08 Å². The van der Waals surface area contributed by atoms with Gasteiger partial charge in [-0.15, -0.1) is 0 Å². The Labute approximate surface area is 257 Å². The maximum atomic E-state index is 13.1. The monoisotopic (exact) mass is 625 g/mol. The zero-order valence-corrected chi connectivity index (χ0v) is 25.6.